The van der Waals surface area contributed by atoms with Gasteiger partial charge in [0.1, 0.15) is 5.75 Å². The molecular formula is C14H15N3O3S. The molecule has 110 valence electrons. The second-order valence-electron chi connectivity index (χ2n) is 4.62. The van der Waals surface area contributed by atoms with Gasteiger partial charge in [0.25, 0.3) is 0 Å². The summed E-state index contributed by atoms with van der Waals surface area (Å²) in [4.78, 5) is 17.9. The fraction of sp³-hybridized carbons (Fsp3) is 0.286. The quantitative estimate of drug-likeness (QED) is 0.897. The zero-order valence-corrected chi connectivity index (χ0v) is 12.1. The van der Waals surface area contributed by atoms with Gasteiger partial charge < -0.3 is 20.5 Å². The van der Waals surface area contributed by atoms with Crippen LogP contribution in [0.25, 0.3) is 11.3 Å². The fourth-order valence-electron chi connectivity index (χ4n) is 2.29. The van der Waals surface area contributed by atoms with E-state index in [0.717, 1.165) is 11.3 Å². The molecule has 3 rings (SSSR count). The van der Waals surface area contributed by atoms with Gasteiger partial charge in [0, 0.05) is 17.5 Å². The van der Waals surface area contributed by atoms with E-state index in [2.05, 4.69) is 4.98 Å². The van der Waals surface area contributed by atoms with Gasteiger partial charge in [-0.3, -0.25) is 4.79 Å². The number of aromatic nitrogens is 1. The summed E-state index contributed by atoms with van der Waals surface area (Å²) in [6, 6.07) is 5.56. The van der Waals surface area contributed by atoms with Gasteiger partial charge >= 0.3 is 0 Å². The van der Waals surface area contributed by atoms with Crippen molar-refractivity contribution in [2.24, 2.45) is 0 Å². The van der Waals surface area contributed by atoms with Gasteiger partial charge in [-0.25, -0.2) is 4.98 Å². The van der Waals surface area contributed by atoms with Gasteiger partial charge in [-0.05, 0) is 18.2 Å². The molecule has 3 N–H and O–H groups in total. The molecule has 1 aliphatic rings. The number of benzene rings is 1. The Balaban J connectivity index is 2.05. The van der Waals surface area contributed by atoms with E-state index in [4.69, 9.17) is 10.5 Å². The minimum atomic E-state index is -0.0982. The molecule has 1 amide bonds. The van der Waals surface area contributed by atoms with Crippen LogP contribution in [0.2, 0.25) is 0 Å². The Morgan fingerprint density at radius 3 is 3.05 bits per heavy atom. The van der Waals surface area contributed by atoms with Gasteiger partial charge in [0.05, 0.1) is 31.0 Å². The molecule has 0 atom stereocenters. The summed E-state index contributed by atoms with van der Waals surface area (Å²) in [6.07, 6.45) is 0.299. The fourth-order valence-corrected chi connectivity index (χ4v) is 2.86. The molecule has 1 aromatic heterocycles. The lowest BCUT2D eigenvalue weighted by Gasteiger charge is -2.21. The molecule has 1 aliphatic heterocycles. The number of ether oxygens (including phenoxy) is 1. The molecule has 0 fully saturated rings. The van der Waals surface area contributed by atoms with Gasteiger partial charge in [-0.15, -0.1) is 11.3 Å². The number of thiazole rings is 1. The van der Waals surface area contributed by atoms with Crippen molar-refractivity contribution in [3.8, 4) is 17.0 Å². The number of aliphatic hydroxyl groups excluding tert-OH is 1. The largest absolute Gasteiger partial charge is 0.491 e. The summed E-state index contributed by atoms with van der Waals surface area (Å²) >= 11 is 1.37. The summed E-state index contributed by atoms with van der Waals surface area (Å²) in [6.45, 7) is 0.494. The van der Waals surface area contributed by atoms with E-state index in [9.17, 15) is 9.90 Å². The minimum absolute atomic E-state index is 0.0576. The molecule has 0 bridgehead atoms. The van der Waals surface area contributed by atoms with Crippen LogP contribution in [0.3, 0.4) is 0 Å². The van der Waals surface area contributed by atoms with E-state index < -0.39 is 0 Å². The second-order valence-corrected chi connectivity index (χ2v) is 5.51. The van der Waals surface area contributed by atoms with E-state index in [-0.39, 0.29) is 19.1 Å². The number of nitrogens with zero attached hydrogens (tertiary/aromatic N) is 2. The van der Waals surface area contributed by atoms with E-state index in [1.54, 1.807) is 4.90 Å². The molecule has 0 unspecified atom stereocenters. The van der Waals surface area contributed by atoms with Crippen LogP contribution in [0, 0.1) is 0 Å². The Bertz CT molecular complexity index is 671. The van der Waals surface area contributed by atoms with Crippen LogP contribution < -0.4 is 15.4 Å². The van der Waals surface area contributed by atoms with Gasteiger partial charge in [0.15, 0.2) is 5.13 Å². The van der Waals surface area contributed by atoms with E-state index >= 15 is 0 Å². The SMILES string of the molecule is Nc1nc(-c2ccc3c(c2)N(CCO)C(=O)CCO3)cs1. The number of nitrogens with two attached hydrogens (primary N) is 1. The van der Waals surface area contributed by atoms with Crippen molar-refractivity contribution in [2.75, 3.05) is 30.4 Å². The highest BCUT2D eigenvalue weighted by Gasteiger charge is 2.23. The zero-order valence-electron chi connectivity index (χ0n) is 11.3. The first-order chi connectivity index (χ1) is 10.2. The number of hydrogen-bond donors (Lipinski definition) is 2. The average molecular weight is 305 g/mol. The molecule has 0 aliphatic carbocycles. The third kappa shape index (κ3) is 2.70. The molecular weight excluding hydrogens is 290 g/mol. The summed E-state index contributed by atoms with van der Waals surface area (Å²) < 4.78 is 5.60. The number of rotatable bonds is 3. The van der Waals surface area contributed by atoms with Crippen LogP contribution in [-0.4, -0.2) is 35.8 Å². The van der Waals surface area contributed by atoms with Crippen molar-refractivity contribution >= 4 is 28.1 Å². The predicted octanol–water partition coefficient (Wildman–Crippen LogP) is 1.50. The highest BCUT2D eigenvalue weighted by atomic mass is 32.1. The van der Waals surface area contributed by atoms with Crippen molar-refractivity contribution < 1.29 is 14.6 Å². The number of anilines is 2. The molecule has 0 spiro atoms. The Kier molecular flexibility index (Phi) is 3.76. The molecule has 0 saturated carbocycles. The Morgan fingerprint density at radius 1 is 1.48 bits per heavy atom. The number of nitrogen functional groups attached to an aromatic ring is 1. The standard InChI is InChI=1S/C14H15N3O3S/c15-14-16-10(8-21-14)9-1-2-12-11(7-9)17(4-5-18)13(19)3-6-20-12/h1-2,7-8,18H,3-6H2,(H2,15,16). The molecule has 2 aromatic rings. The minimum Gasteiger partial charge on any atom is -0.491 e. The normalized spacial score (nSPS) is 14.5. The summed E-state index contributed by atoms with van der Waals surface area (Å²) in [7, 11) is 0. The third-order valence-corrected chi connectivity index (χ3v) is 3.94. The Hall–Kier alpha value is -2.12. The lowest BCUT2D eigenvalue weighted by molar-refractivity contribution is -0.118. The van der Waals surface area contributed by atoms with Crippen LogP contribution >= 0.6 is 11.3 Å². The van der Waals surface area contributed by atoms with Gasteiger partial charge in [0.2, 0.25) is 5.91 Å². The summed E-state index contributed by atoms with van der Waals surface area (Å²) in [5.41, 5.74) is 7.95. The van der Waals surface area contributed by atoms with Crippen LogP contribution in [0.4, 0.5) is 10.8 Å². The smallest absolute Gasteiger partial charge is 0.230 e. The zero-order chi connectivity index (χ0) is 14.8. The first-order valence-corrected chi connectivity index (χ1v) is 7.46. The Labute approximate surface area is 125 Å². The second kappa shape index (κ2) is 5.71. The topological polar surface area (TPSA) is 88.7 Å². The maximum atomic E-state index is 12.1. The molecule has 2 heterocycles. The number of aliphatic hydroxyl groups is 1. The van der Waals surface area contributed by atoms with Crippen molar-refractivity contribution in [1.82, 2.24) is 4.98 Å². The van der Waals surface area contributed by atoms with E-state index in [0.29, 0.717) is 29.6 Å². The number of amides is 1. The summed E-state index contributed by atoms with van der Waals surface area (Å²) in [5, 5.41) is 11.5. The molecule has 0 radical (unpaired) electrons. The highest BCUT2D eigenvalue weighted by molar-refractivity contribution is 7.13. The number of carbonyl (C=O) groups excluding carboxylic acids is 1. The molecule has 7 heteroatoms. The Morgan fingerprint density at radius 2 is 2.33 bits per heavy atom. The maximum absolute atomic E-state index is 12.1. The maximum Gasteiger partial charge on any atom is 0.230 e. The predicted molar refractivity (Wildman–Crippen MR) is 81.5 cm³/mol. The van der Waals surface area contributed by atoms with Crippen molar-refractivity contribution in [2.45, 2.75) is 6.42 Å². The number of carbonyl (C=O) groups is 1. The molecule has 0 saturated heterocycles. The van der Waals surface area contributed by atoms with Crippen molar-refractivity contribution in [1.29, 1.82) is 0 Å². The first kappa shape index (κ1) is 13.8. The number of fused-ring (bicyclic) bond motifs is 1. The number of β-amino-alcohol motifs (C(OH)–C–C–N with tert-alkyl or cyclic N) is 1. The van der Waals surface area contributed by atoms with Crippen molar-refractivity contribution in [3.63, 3.8) is 0 Å². The summed E-state index contributed by atoms with van der Waals surface area (Å²) in [5.74, 6) is 0.582. The lowest BCUT2D eigenvalue weighted by Crippen LogP contribution is -2.32. The van der Waals surface area contributed by atoms with Crippen LogP contribution in [-0.2, 0) is 4.79 Å². The molecule has 21 heavy (non-hydrogen) atoms. The van der Waals surface area contributed by atoms with E-state index in [1.165, 1.54) is 11.3 Å². The lowest BCUT2D eigenvalue weighted by atomic mass is 10.1. The van der Waals surface area contributed by atoms with E-state index in [1.807, 2.05) is 23.6 Å². The van der Waals surface area contributed by atoms with Gasteiger partial charge in [-0.2, -0.15) is 0 Å². The number of hydrogen-bond acceptors (Lipinski definition) is 6. The van der Waals surface area contributed by atoms with Crippen LogP contribution in [0.15, 0.2) is 23.6 Å². The monoisotopic (exact) mass is 305 g/mol. The first-order valence-electron chi connectivity index (χ1n) is 6.58. The molecule has 1 aromatic carbocycles. The molecule has 6 nitrogen and oxygen atoms in total. The van der Waals surface area contributed by atoms with Crippen LogP contribution in [0.1, 0.15) is 6.42 Å². The van der Waals surface area contributed by atoms with Gasteiger partial charge in [-0.1, -0.05) is 0 Å². The van der Waals surface area contributed by atoms with Crippen LogP contribution in [0.5, 0.6) is 5.75 Å². The third-order valence-electron chi connectivity index (χ3n) is 3.27. The highest BCUT2D eigenvalue weighted by Crippen LogP contribution is 2.35. The van der Waals surface area contributed by atoms with Crippen molar-refractivity contribution in [3.05, 3.63) is 23.6 Å². The average Bonchev–Trinajstić information content (AvgIpc) is 2.85.